The van der Waals surface area contributed by atoms with Crippen LogP contribution in [0.1, 0.15) is 24.2 Å². The Bertz CT molecular complexity index is 572. The first kappa shape index (κ1) is 12.6. The van der Waals surface area contributed by atoms with E-state index < -0.39 is 0 Å². The van der Waals surface area contributed by atoms with Crippen LogP contribution in [0.25, 0.3) is 0 Å². The maximum atomic E-state index is 8.80. The molecule has 0 aliphatic rings. The fourth-order valence-electron chi connectivity index (χ4n) is 1.67. The average Bonchev–Trinajstić information content (AvgIpc) is 2.39. The molecule has 1 aromatic carbocycles. The number of halogens is 1. The fraction of sp³-hybridized carbons (Fsp3) is 0.143. The molecule has 0 fully saturated rings. The highest BCUT2D eigenvalue weighted by Crippen LogP contribution is 2.21. The van der Waals surface area contributed by atoms with Gasteiger partial charge in [-0.25, -0.2) is 4.98 Å². The largest absolute Gasteiger partial charge is 0.378 e. The summed E-state index contributed by atoms with van der Waals surface area (Å²) in [6.45, 7) is 2.08. The summed E-state index contributed by atoms with van der Waals surface area (Å²) in [6, 6.07) is 14.0. The third kappa shape index (κ3) is 3.08. The topological polar surface area (TPSA) is 48.7 Å². The minimum atomic E-state index is 0.173. The SMILES string of the molecule is CC(Nc1ccnc(C#N)c1)c1ccc(Br)cc1. The third-order valence-corrected chi connectivity index (χ3v) is 3.16. The van der Waals surface area contributed by atoms with Gasteiger partial charge in [0, 0.05) is 22.4 Å². The second-order valence-corrected chi connectivity index (χ2v) is 4.87. The van der Waals surface area contributed by atoms with Crippen LogP contribution in [0.15, 0.2) is 47.1 Å². The van der Waals surface area contributed by atoms with Crippen LogP contribution in [0.3, 0.4) is 0 Å². The smallest absolute Gasteiger partial charge is 0.142 e. The summed E-state index contributed by atoms with van der Waals surface area (Å²) in [5.74, 6) is 0. The Morgan fingerprint density at radius 2 is 2.00 bits per heavy atom. The summed E-state index contributed by atoms with van der Waals surface area (Å²) in [6.07, 6.45) is 1.63. The predicted molar refractivity (Wildman–Crippen MR) is 75.1 cm³/mol. The van der Waals surface area contributed by atoms with Crippen molar-refractivity contribution >= 4 is 21.6 Å². The van der Waals surface area contributed by atoms with E-state index in [2.05, 4.69) is 45.3 Å². The molecule has 0 bridgehead atoms. The maximum Gasteiger partial charge on any atom is 0.142 e. The molecule has 3 nitrogen and oxygen atoms in total. The van der Waals surface area contributed by atoms with Crippen LogP contribution in [-0.4, -0.2) is 4.98 Å². The Kier molecular flexibility index (Phi) is 3.96. The summed E-state index contributed by atoms with van der Waals surface area (Å²) in [7, 11) is 0. The van der Waals surface area contributed by atoms with Gasteiger partial charge in [0.25, 0.3) is 0 Å². The highest BCUT2D eigenvalue weighted by molar-refractivity contribution is 9.10. The number of rotatable bonds is 3. The normalized spacial score (nSPS) is 11.6. The summed E-state index contributed by atoms with van der Waals surface area (Å²) < 4.78 is 1.06. The first-order valence-corrected chi connectivity index (χ1v) is 6.36. The summed E-state index contributed by atoms with van der Waals surface area (Å²) >= 11 is 3.42. The van der Waals surface area contributed by atoms with E-state index in [-0.39, 0.29) is 6.04 Å². The molecule has 2 aromatic rings. The van der Waals surface area contributed by atoms with Gasteiger partial charge in [0.05, 0.1) is 0 Å². The van der Waals surface area contributed by atoms with Gasteiger partial charge in [-0.15, -0.1) is 0 Å². The third-order valence-electron chi connectivity index (χ3n) is 2.63. The van der Waals surface area contributed by atoms with Gasteiger partial charge in [0.2, 0.25) is 0 Å². The van der Waals surface area contributed by atoms with Crippen molar-refractivity contribution in [2.45, 2.75) is 13.0 Å². The van der Waals surface area contributed by atoms with Crippen LogP contribution in [0.5, 0.6) is 0 Å². The Hall–Kier alpha value is -1.86. The number of pyridine rings is 1. The van der Waals surface area contributed by atoms with E-state index in [0.29, 0.717) is 5.69 Å². The maximum absolute atomic E-state index is 8.80. The lowest BCUT2D eigenvalue weighted by Gasteiger charge is -2.15. The molecular weight excluding hydrogens is 290 g/mol. The summed E-state index contributed by atoms with van der Waals surface area (Å²) in [5.41, 5.74) is 2.51. The Balaban J connectivity index is 2.13. The van der Waals surface area contributed by atoms with Crippen LogP contribution in [-0.2, 0) is 0 Å². The van der Waals surface area contributed by atoms with E-state index in [1.165, 1.54) is 5.56 Å². The van der Waals surface area contributed by atoms with Crippen LogP contribution in [0, 0.1) is 11.3 Å². The molecule has 4 heteroatoms. The van der Waals surface area contributed by atoms with Crippen molar-refractivity contribution < 1.29 is 0 Å². The van der Waals surface area contributed by atoms with E-state index in [4.69, 9.17) is 5.26 Å². The molecule has 0 saturated heterocycles. The molecule has 1 atom stereocenters. The highest BCUT2D eigenvalue weighted by atomic mass is 79.9. The van der Waals surface area contributed by atoms with Crippen molar-refractivity contribution in [3.8, 4) is 6.07 Å². The summed E-state index contributed by atoms with van der Waals surface area (Å²) in [5, 5.41) is 12.1. The number of benzene rings is 1. The molecule has 1 unspecified atom stereocenters. The Morgan fingerprint density at radius 1 is 1.28 bits per heavy atom. The second-order valence-electron chi connectivity index (χ2n) is 3.96. The van der Waals surface area contributed by atoms with Gasteiger partial charge >= 0.3 is 0 Å². The molecule has 1 aromatic heterocycles. The standard InChI is InChI=1S/C14H12BrN3/c1-10(11-2-4-12(15)5-3-11)18-13-6-7-17-14(8-13)9-16/h2-8,10H,1H3,(H,17,18). The van der Waals surface area contributed by atoms with E-state index in [1.807, 2.05) is 24.3 Å². The molecular formula is C14H12BrN3. The number of nitrogens with one attached hydrogen (secondary N) is 1. The molecule has 1 N–H and O–H groups in total. The number of nitriles is 1. The number of anilines is 1. The van der Waals surface area contributed by atoms with Crippen LogP contribution in [0.2, 0.25) is 0 Å². The quantitative estimate of drug-likeness (QED) is 0.935. The van der Waals surface area contributed by atoms with Gasteiger partial charge in [0.15, 0.2) is 0 Å². The monoisotopic (exact) mass is 301 g/mol. The molecule has 0 radical (unpaired) electrons. The predicted octanol–water partition coefficient (Wildman–Crippen LogP) is 3.89. The lowest BCUT2D eigenvalue weighted by atomic mass is 10.1. The van der Waals surface area contributed by atoms with Gasteiger partial charge in [0.1, 0.15) is 11.8 Å². The highest BCUT2D eigenvalue weighted by Gasteiger charge is 2.05. The van der Waals surface area contributed by atoms with Gasteiger partial charge < -0.3 is 5.32 Å². The number of aromatic nitrogens is 1. The number of nitrogens with zero attached hydrogens (tertiary/aromatic N) is 2. The van der Waals surface area contributed by atoms with E-state index in [9.17, 15) is 0 Å². The molecule has 1 heterocycles. The molecule has 0 aliphatic heterocycles. The average molecular weight is 302 g/mol. The van der Waals surface area contributed by atoms with E-state index in [0.717, 1.165) is 10.2 Å². The molecule has 0 saturated carbocycles. The first-order valence-electron chi connectivity index (χ1n) is 5.57. The molecule has 0 aliphatic carbocycles. The Labute approximate surface area is 115 Å². The van der Waals surface area contributed by atoms with Gasteiger partial charge in [-0.2, -0.15) is 5.26 Å². The fourth-order valence-corrected chi connectivity index (χ4v) is 1.93. The van der Waals surface area contributed by atoms with E-state index in [1.54, 1.807) is 12.3 Å². The van der Waals surface area contributed by atoms with Crippen molar-refractivity contribution in [3.63, 3.8) is 0 Å². The molecule has 90 valence electrons. The van der Waals surface area contributed by atoms with Crippen LogP contribution >= 0.6 is 15.9 Å². The second kappa shape index (κ2) is 5.65. The van der Waals surface area contributed by atoms with Gasteiger partial charge in [-0.3, -0.25) is 0 Å². The zero-order chi connectivity index (χ0) is 13.0. The van der Waals surface area contributed by atoms with Gasteiger partial charge in [-0.1, -0.05) is 28.1 Å². The number of hydrogen-bond acceptors (Lipinski definition) is 3. The van der Waals surface area contributed by atoms with Crippen molar-refractivity contribution in [1.29, 1.82) is 5.26 Å². The first-order chi connectivity index (χ1) is 8.69. The molecule has 2 rings (SSSR count). The summed E-state index contributed by atoms with van der Waals surface area (Å²) in [4.78, 5) is 3.94. The number of hydrogen-bond donors (Lipinski definition) is 1. The van der Waals surface area contributed by atoms with Crippen LogP contribution in [0.4, 0.5) is 5.69 Å². The Morgan fingerprint density at radius 3 is 2.67 bits per heavy atom. The zero-order valence-corrected chi connectivity index (χ0v) is 11.5. The lowest BCUT2D eigenvalue weighted by molar-refractivity contribution is 0.883. The zero-order valence-electron chi connectivity index (χ0n) is 9.89. The minimum Gasteiger partial charge on any atom is -0.378 e. The molecule has 0 spiro atoms. The molecule has 0 amide bonds. The van der Waals surface area contributed by atoms with Crippen molar-refractivity contribution in [2.75, 3.05) is 5.32 Å². The lowest BCUT2D eigenvalue weighted by Crippen LogP contribution is -2.06. The van der Waals surface area contributed by atoms with Gasteiger partial charge in [-0.05, 0) is 36.8 Å². The minimum absolute atomic E-state index is 0.173. The van der Waals surface area contributed by atoms with E-state index >= 15 is 0 Å². The van der Waals surface area contributed by atoms with Crippen molar-refractivity contribution in [2.24, 2.45) is 0 Å². The van der Waals surface area contributed by atoms with Crippen LogP contribution < -0.4 is 5.32 Å². The molecule has 18 heavy (non-hydrogen) atoms. The van der Waals surface area contributed by atoms with Crippen molar-refractivity contribution in [1.82, 2.24) is 4.98 Å². The van der Waals surface area contributed by atoms with Crippen molar-refractivity contribution in [3.05, 3.63) is 58.3 Å².